The Morgan fingerprint density at radius 2 is 2.00 bits per heavy atom. The van der Waals surface area contributed by atoms with E-state index in [0.29, 0.717) is 5.46 Å². The van der Waals surface area contributed by atoms with Crippen molar-refractivity contribution in [3.05, 3.63) is 30.6 Å². The van der Waals surface area contributed by atoms with Crippen LogP contribution in [-0.2, 0) is 0 Å². The maximum atomic E-state index is 8.98. The van der Waals surface area contributed by atoms with Gasteiger partial charge in [0.05, 0.1) is 0 Å². The summed E-state index contributed by atoms with van der Waals surface area (Å²) < 4.78 is 0. The first-order chi connectivity index (χ1) is 5.79. The molecule has 1 aromatic carbocycles. The van der Waals surface area contributed by atoms with Crippen LogP contribution in [0.15, 0.2) is 30.6 Å². The Hall–Kier alpha value is -1.26. The molecule has 0 saturated heterocycles. The molecule has 1 aromatic heterocycles. The zero-order valence-electron chi connectivity index (χ0n) is 6.36. The lowest BCUT2D eigenvalue weighted by Gasteiger charge is -1.99. The largest absolute Gasteiger partial charge is 0.489 e. The van der Waals surface area contributed by atoms with Gasteiger partial charge in [0.2, 0.25) is 0 Å². The zero-order valence-corrected chi connectivity index (χ0v) is 6.36. The summed E-state index contributed by atoms with van der Waals surface area (Å²) in [6.07, 6.45) is 3.57. The third-order valence-corrected chi connectivity index (χ3v) is 1.92. The second-order valence-corrected chi connectivity index (χ2v) is 2.68. The molecule has 0 fully saturated rings. The summed E-state index contributed by atoms with van der Waals surface area (Å²) in [5.41, 5.74) is 0.536. The number of aromatic amines is 1. The molecular formula is C8H8BNO2. The number of hydrogen-bond donors (Lipinski definition) is 3. The van der Waals surface area contributed by atoms with E-state index in [1.54, 1.807) is 18.3 Å². The smallest absolute Gasteiger partial charge is 0.423 e. The van der Waals surface area contributed by atoms with Gasteiger partial charge < -0.3 is 15.0 Å². The van der Waals surface area contributed by atoms with Crippen molar-refractivity contribution in [3.8, 4) is 0 Å². The van der Waals surface area contributed by atoms with Gasteiger partial charge in [0.15, 0.2) is 0 Å². The molecule has 0 unspecified atom stereocenters. The summed E-state index contributed by atoms with van der Waals surface area (Å²) in [6.45, 7) is 0. The van der Waals surface area contributed by atoms with E-state index in [0.717, 1.165) is 10.8 Å². The number of nitrogens with one attached hydrogen (secondary N) is 1. The lowest BCUT2D eigenvalue weighted by atomic mass is 9.78. The highest BCUT2D eigenvalue weighted by Gasteiger charge is 2.13. The fourth-order valence-corrected chi connectivity index (χ4v) is 1.33. The van der Waals surface area contributed by atoms with Gasteiger partial charge >= 0.3 is 7.12 Å². The van der Waals surface area contributed by atoms with Crippen LogP contribution in [0.25, 0.3) is 10.8 Å². The van der Waals surface area contributed by atoms with Crippen LogP contribution < -0.4 is 5.46 Å². The number of aromatic nitrogens is 1. The van der Waals surface area contributed by atoms with Crippen molar-refractivity contribution in [2.24, 2.45) is 0 Å². The molecule has 0 radical (unpaired) electrons. The summed E-state index contributed by atoms with van der Waals surface area (Å²) in [4.78, 5) is 2.91. The van der Waals surface area contributed by atoms with Crippen LogP contribution in [0.4, 0.5) is 0 Å². The summed E-state index contributed by atoms with van der Waals surface area (Å²) in [6, 6.07) is 5.41. The fraction of sp³-hybridized carbons (Fsp3) is 0. The molecular weight excluding hydrogens is 153 g/mol. The van der Waals surface area contributed by atoms with Gasteiger partial charge in [0.25, 0.3) is 0 Å². The van der Waals surface area contributed by atoms with E-state index in [1.807, 2.05) is 12.3 Å². The molecule has 0 amide bonds. The molecule has 0 aliphatic rings. The third-order valence-electron chi connectivity index (χ3n) is 1.92. The van der Waals surface area contributed by atoms with Gasteiger partial charge in [0.1, 0.15) is 0 Å². The van der Waals surface area contributed by atoms with Gasteiger partial charge in [0, 0.05) is 12.4 Å². The molecule has 60 valence electrons. The summed E-state index contributed by atoms with van der Waals surface area (Å²) in [5, 5.41) is 19.8. The van der Waals surface area contributed by atoms with Crippen molar-refractivity contribution in [2.75, 3.05) is 0 Å². The first-order valence-electron chi connectivity index (χ1n) is 3.70. The van der Waals surface area contributed by atoms with Crippen LogP contribution in [0.1, 0.15) is 0 Å². The second kappa shape index (κ2) is 2.66. The van der Waals surface area contributed by atoms with Crippen LogP contribution in [0.2, 0.25) is 0 Å². The Kier molecular flexibility index (Phi) is 1.64. The van der Waals surface area contributed by atoms with Gasteiger partial charge in [-0.15, -0.1) is 0 Å². The van der Waals surface area contributed by atoms with Crippen LogP contribution >= 0.6 is 0 Å². The van der Waals surface area contributed by atoms with Crippen molar-refractivity contribution in [1.29, 1.82) is 0 Å². The molecule has 0 atom stereocenters. The minimum absolute atomic E-state index is 0.536. The maximum absolute atomic E-state index is 8.98. The number of H-pyrrole nitrogens is 1. The third kappa shape index (κ3) is 1.01. The van der Waals surface area contributed by atoms with Gasteiger partial charge in [-0.05, 0) is 16.2 Å². The molecule has 3 N–H and O–H groups in total. The molecule has 2 aromatic rings. The van der Waals surface area contributed by atoms with E-state index in [4.69, 9.17) is 10.0 Å². The van der Waals surface area contributed by atoms with E-state index < -0.39 is 7.12 Å². The fourth-order valence-electron chi connectivity index (χ4n) is 1.33. The van der Waals surface area contributed by atoms with Crippen LogP contribution in [0.3, 0.4) is 0 Å². The van der Waals surface area contributed by atoms with Gasteiger partial charge in [-0.25, -0.2) is 0 Å². The molecule has 4 heteroatoms. The normalized spacial score (nSPS) is 10.5. The van der Waals surface area contributed by atoms with Crippen molar-refractivity contribution >= 4 is 23.4 Å². The molecule has 0 bridgehead atoms. The highest BCUT2D eigenvalue weighted by Crippen LogP contribution is 2.09. The molecule has 0 saturated carbocycles. The number of rotatable bonds is 1. The van der Waals surface area contributed by atoms with Crippen molar-refractivity contribution in [1.82, 2.24) is 4.98 Å². The van der Waals surface area contributed by atoms with E-state index >= 15 is 0 Å². The Labute approximate surface area is 69.8 Å². The molecule has 12 heavy (non-hydrogen) atoms. The van der Waals surface area contributed by atoms with Crippen molar-refractivity contribution in [2.45, 2.75) is 0 Å². The quantitative estimate of drug-likeness (QED) is 0.509. The highest BCUT2D eigenvalue weighted by molar-refractivity contribution is 6.61. The van der Waals surface area contributed by atoms with Gasteiger partial charge in [-0.3, -0.25) is 0 Å². The predicted octanol–water partition coefficient (Wildman–Crippen LogP) is -0.152. The minimum Gasteiger partial charge on any atom is -0.423 e. The first-order valence-corrected chi connectivity index (χ1v) is 3.70. The highest BCUT2D eigenvalue weighted by atomic mass is 16.4. The van der Waals surface area contributed by atoms with Crippen molar-refractivity contribution in [3.63, 3.8) is 0 Å². The molecule has 0 spiro atoms. The average Bonchev–Trinajstić information content (AvgIpc) is 2.49. The molecule has 2 rings (SSSR count). The number of hydrogen-bond acceptors (Lipinski definition) is 2. The standard InChI is InChI=1S/C8H8BNO2/c11-9(12)8-3-1-2-6-4-10-5-7(6)8/h1-5,10-12H. The Bertz CT molecular complexity index is 397. The SMILES string of the molecule is OB(O)c1cccc2c[nH]cc12. The summed E-state index contributed by atoms with van der Waals surface area (Å²) in [7, 11) is -1.40. The molecule has 0 aliphatic carbocycles. The average molecular weight is 161 g/mol. The van der Waals surface area contributed by atoms with Crippen molar-refractivity contribution < 1.29 is 10.0 Å². The monoisotopic (exact) mass is 161 g/mol. The van der Waals surface area contributed by atoms with Gasteiger partial charge in [-0.1, -0.05) is 18.2 Å². The Morgan fingerprint density at radius 1 is 1.17 bits per heavy atom. The summed E-state index contributed by atoms with van der Waals surface area (Å²) in [5.74, 6) is 0. The van der Waals surface area contributed by atoms with Gasteiger partial charge in [-0.2, -0.15) is 0 Å². The second-order valence-electron chi connectivity index (χ2n) is 2.68. The maximum Gasteiger partial charge on any atom is 0.489 e. The first kappa shape index (κ1) is 7.40. The lowest BCUT2D eigenvalue weighted by Crippen LogP contribution is -2.29. The number of fused-ring (bicyclic) bond motifs is 1. The predicted molar refractivity (Wildman–Crippen MR) is 48.1 cm³/mol. The lowest BCUT2D eigenvalue weighted by molar-refractivity contribution is 0.426. The van der Waals surface area contributed by atoms with E-state index in [-0.39, 0.29) is 0 Å². The Morgan fingerprint density at radius 3 is 2.75 bits per heavy atom. The van der Waals surface area contributed by atoms with E-state index in [1.165, 1.54) is 0 Å². The van der Waals surface area contributed by atoms with Crippen LogP contribution in [0, 0.1) is 0 Å². The van der Waals surface area contributed by atoms with Crippen LogP contribution in [-0.4, -0.2) is 22.2 Å². The molecule has 1 heterocycles. The zero-order chi connectivity index (χ0) is 8.55. The van der Waals surface area contributed by atoms with E-state index in [9.17, 15) is 0 Å². The van der Waals surface area contributed by atoms with E-state index in [2.05, 4.69) is 4.98 Å². The minimum atomic E-state index is -1.40. The summed E-state index contributed by atoms with van der Waals surface area (Å²) >= 11 is 0. The topological polar surface area (TPSA) is 56.2 Å². The molecule has 3 nitrogen and oxygen atoms in total. The van der Waals surface area contributed by atoms with Crippen LogP contribution in [0.5, 0.6) is 0 Å². The Balaban J connectivity index is 2.73. The number of benzene rings is 1. The molecule has 0 aliphatic heterocycles.